The zero-order chi connectivity index (χ0) is 21.1. The molecule has 30 heavy (non-hydrogen) atoms. The quantitative estimate of drug-likeness (QED) is 0.433. The molecule has 0 saturated carbocycles. The summed E-state index contributed by atoms with van der Waals surface area (Å²) in [6.45, 7) is 5.87. The van der Waals surface area contributed by atoms with E-state index >= 15 is 0 Å². The molecule has 8 heteroatoms. The Balaban J connectivity index is 1.47. The van der Waals surface area contributed by atoms with Crippen molar-refractivity contribution in [2.75, 3.05) is 4.90 Å². The summed E-state index contributed by atoms with van der Waals surface area (Å²) in [6.07, 6.45) is 1.29. The van der Waals surface area contributed by atoms with Gasteiger partial charge in [0.15, 0.2) is 5.13 Å². The van der Waals surface area contributed by atoms with Crippen molar-refractivity contribution in [2.45, 2.75) is 27.4 Å². The highest BCUT2D eigenvalue weighted by molar-refractivity contribution is 7.14. The molecule has 0 saturated heterocycles. The lowest BCUT2D eigenvalue weighted by Gasteiger charge is -2.20. The SMILES string of the molecule is CC(=O)N(c1nc(COc2ccc(-c3nnco3)cc2)cs1)c1ccc(C)cc1C. The number of aryl methyl sites for hydroxylation is 2. The zero-order valence-corrected chi connectivity index (χ0v) is 17.6. The second-order valence-electron chi connectivity index (χ2n) is 6.82. The maximum atomic E-state index is 12.3. The fourth-order valence-electron chi connectivity index (χ4n) is 3.08. The van der Waals surface area contributed by atoms with E-state index in [4.69, 9.17) is 9.15 Å². The highest BCUT2D eigenvalue weighted by atomic mass is 32.1. The maximum Gasteiger partial charge on any atom is 0.247 e. The van der Waals surface area contributed by atoms with E-state index in [9.17, 15) is 4.79 Å². The Morgan fingerprint density at radius 3 is 2.63 bits per heavy atom. The van der Waals surface area contributed by atoms with Gasteiger partial charge in [-0.15, -0.1) is 21.5 Å². The van der Waals surface area contributed by atoms with E-state index in [-0.39, 0.29) is 5.91 Å². The van der Waals surface area contributed by atoms with E-state index in [1.165, 1.54) is 17.7 Å². The van der Waals surface area contributed by atoms with Crippen LogP contribution < -0.4 is 9.64 Å². The van der Waals surface area contributed by atoms with Gasteiger partial charge in [-0.1, -0.05) is 17.7 Å². The Kier molecular flexibility index (Phi) is 5.58. The smallest absolute Gasteiger partial charge is 0.247 e. The lowest BCUT2D eigenvalue weighted by Crippen LogP contribution is -2.23. The average molecular weight is 420 g/mol. The van der Waals surface area contributed by atoms with E-state index in [0.717, 1.165) is 28.1 Å². The number of hydrogen-bond donors (Lipinski definition) is 0. The molecule has 0 aliphatic carbocycles. The molecule has 0 spiro atoms. The molecular formula is C22H20N4O3S. The number of benzene rings is 2. The van der Waals surface area contributed by atoms with Gasteiger partial charge in [0.05, 0.1) is 11.4 Å². The number of rotatable bonds is 6. The molecule has 0 N–H and O–H groups in total. The molecular weight excluding hydrogens is 400 g/mol. The number of ether oxygens (including phenoxy) is 1. The van der Waals surface area contributed by atoms with Crippen molar-refractivity contribution in [3.8, 4) is 17.2 Å². The van der Waals surface area contributed by atoms with E-state index in [1.807, 2.05) is 55.6 Å². The fraction of sp³-hybridized carbons (Fsp3) is 0.182. The minimum atomic E-state index is -0.0830. The Hall–Kier alpha value is -3.52. The molecule has 0 bridgehead atoms. The predicted molar refractivity (Wildman–Crippen MR) is 115 cm³/mol. The van der Waals surface area contributed by atoms with Crippen LogP contribution in [0.2, 0.25) is 0 Å². The van der Waals surface area contributed by atoms with Crippen molar-refractivity contribution in [3.63, 3.8) is 0 Å². The maximum absolute atomic E-state index is 12.3. The van der Waals surface area contributed by atoms with Crippen molar-refractivity contribution >= 4 is 28.1 Å². The molecule has 2 aromatic heterocycles. The normalized spacial score (nSPS) is 10.8. The molecule has 152 valence electrons. The van der Waals surface area contributed by atoms with Crippen LogP contribution in [0.25, 0.3) is 11.5 Å². The largest absolute Gasteiger partial charge is 0.487 e. The summed E-state index contributed by atoms with van der Waals surface area (Å²) in [7, 11) is 0. The van der Waals surface area contributed by atoms with Gasteiger partial charge in [0.2, 0.25) is 18.2 Å². The van der Waals surface area contributed by atoms with Crippen LogP contribution >= 0.6 is 11.3 Å². The van der Waals surface area contributed by atoms with E-state index in [1.54, 1.807) is 11.8 Å². The fourth-order valence-corrected chi connectivity index (χ4v) is 3.94. The Morgan fingerprint density at radius 2 is 1.97 bits per heavy atom. The first-order valence-corrected chi connectivity index (χ1v) is 10.2. The second kappa shape index (κ2) is 8.46. The molecule has 0 aliphatic rings. The second-order valence-corrected chi connectivity index (χ2v) is 7.66. The first kappa shape index (κ1) is 19.8. The highest BCUT2D eigenvalue weighted by Gasteiger charge is 2.20. The number of hydrogen-bond acceptors (Lipinski definition) is 7. The first-order chi connectivity index (χ1) is 14.5. The molecule has 2 aromatic carbocycles. The lowest BCUT2D eigenvalue weighted by atomic mass is 10.1. The number of carbonyl (C=O) groups is 1. The number of anilines is 2. The number of amides is 1. The van der Waals surface area contributed by atoms with Gasteiger partial charge in [-0.25, -0.2) is 4.98 Å². The van der Waals surface area contributed by atoms with Crippen molar-refractivity contribution < 1.29 is 13.9 Å². The van der Waals surface area contributed by atoms with Crippen molar-refractivity contribution in [3.05, 3.63) is 71.1 Å². The molecule has 0 fully saturated rings. The van der Waals surface area contributed by atoms with Gasteiger partial charge in [-0.2, -0.15) is 0 Å². The zero-order valence-electron chi connectivity index (χ0n) is 16.8. The molecule has 7 nitrogen and oxygen atoms in total. The summed E-state index contributed by atoms with van der Waals surface area (Å²) in [6, 6.07) is 13.4. The van der Waals surface area contributed by atoms with E-state index in [0.29, 0.717) is 23.4 Å². The van der Waals surface area contributed by atoms with Crippen LogP contribution in [-0.2, 0) is 11.4 Å². The summed E-state index contributed by atoms with van der Waals surface area (Å²) in [5.41, 5.74) is 4.59. The highest BCUT2D eigenvalue weighted by Crippen LogP contribution is 2.32. The van der Waals surface area contributed by atoms with Crippen LogP contribution in [0.5, 0.6) is 5.75 Å². The molecule has 0 atom stereocenters. The molecule has 1 amide bonds. The summed E-state index contributed by atoms with van der Waals surface area (Å²) in [4.78, 5) is 18.6. The van der Waals surface area contributed by atoms with Crippen molar-refractivity contribution in [1.29, 1.82) is 0 Å². The monoisotopic (exact) mass is 420 g/mol. The van der Waals surface area contributed by atoms with Gasteiger partial charge in [0.25, 0.3) is 0 Å². The van der Waals surface area contributed by atoms with Gasteiger partial charge < -0.3 is 9.15 Å². The summed E-state index contributed by atoms with van der Waals surface area (Å²) >= 11 is 1.42. The summed E-state index contributed by atoms with van der Waals surface area (Å²) < 4.78 is 11.0. The van der Waals surface area contributed by atoms with E-state index in [2.05, 4.69) is 21.2 Å². The lowest BCUT2D eigenvalue weighted by molar-refractivity contribution is -0.115. The summed E-state index contributed by atoms with van der Waals surface area (Å²) in [5.74, 6) is 1.08. The predicted octanol–water partition coefficient (Wildman–Crippen LogP) is 5.07. The van der Waals surface area contributed by atoms with Gasteiger partial charge in [0, 0.05) is 17.9 Å². The molecule has 2 heterocycles. The Labute approximate surface area is 178 Å². The minimum absolute atomic E-state index is 0.0830. The molecule has 4 aromatic rings. The van der Waals surface area contributed by atoms with Crippen LogP contribution in [0, 0.1) is 13.8 Å². The molecule has 0 radical (unpaired) electrons. The van der Waals surface area contributed by atoms with Gasteiger partial charge >= 0.3 is 0 Å². The molecule has 0 aliphatic heterocycles. The summed E-state index contributed by atoms with van der Waals surface area (Å²) in [5, 5.41) is 10.1. The van der Waals surface area contributed by atoms with Gasteiger partial charge in [-0.3, -0.25) is 9.69 Å². The Bertz CT molecular complexity index is 1150. The van der Waals surface area contributed by atoms with E-state index < -0.39 is 0 Å². The third kappa shape index (κ3) is 4.23. The van der Waals surface area contributed by atoms with Crippen LogP contribution in [-0.4, -0.2) is 21.1 Å². The number of nitrogens with zero attached hydrogens (tertiary/aromatic N) is 4. The topological polar surface area (TPSA) is 81.4 Å². The molecule has 4 rings (SSSR count). The van der Waals surface area contributed by atoms with Crippen LogP contribution in [0.1, 0.15) is 23.7 Å². The van der Waals surface area contributed by atoms with Gasteiger partial charge in [0.1, 0.15) is 12.4 Å². The third-order valence-corrected chi connectivity index (χ3v) is 5.36. The number of thiazole rings is 1. The third-order valence-electron chi connectivity index (χ3n) is 4.49. The van der Waals surface area contributed by atoms with Crippen molar-refractivity contribution in [2.24, 2.45) is 0 Å². The number of carbonyl (C=O) groups excluding carboxylic acids is 1. The van der Waals surface area contributed by atoms with Crippen LogP contribution in [0.15, 0.2) is 58.7 Å². The standard InChI is InChI=1S/C22H20N4O3S/c1-14-4-9-20(15(2)10-14)26(16(3)27)22-24-18(12-30-22)11-28-19-7-5-17(6-8-19)21-25-23-13-29-21/h4-10,12-13H,11H2,1-3H3. The van der Waals surface area contributed by atoms with Crippen LogP contribution in [0.4, 0.5) is 10.8 Å². The van der Waals surface area contributed by atoms with Crippen molar-refractivity contribution in [1.82, 2.24) is 15.2 Å². The first-order valence-electron chi connectivity index (χ1n) is 9.33. The Morgan fingerprint density at radius 1 is 1.17 bits per heavy atom. The molecule has 0 unspecified atom stereocenters. The average Bonchev–Trinajstić information content (AvgIpc) is 3.41. The number of aromatic nitrogens is 3. The van der Waals surface area contributed by atoms with Gasteiger partial charge in [-0.05, 0) is 49.7 Å². The van der Waals surface area contributed by atoms with Crippen LogP contribution in [0.3, 0.4) is 0 Å². The minimum Gasteiger partial charge on any atom is -0.487 e.